The van der Waals surface area contributed by atoms with Crippen LogP contribution in [0.25, 0.3) is 0 Å². The molecule has 1 amide bonds. The van der Waals surface area contributed by atoms with Crippen molar-refractivity contribution in [1.29, 1.82) is 0 Å². The van der Waals surface area contributed by atoms with Crippen LogP contribution in [-0.4, -0.2) is 11.7 Å². The van der Waals surface area contributed by atoms with E-state index in [1.807, 2.05) is 32.9 Å². The predicted molar refractivity (Wildman–Crippen MR) is 78.8 cm³/mol. The van der Waals surface area contributed by atoms with Crippen molar-refractivity contribution in [2.45, 2.75) is 32.6 Å². The molecule has 0 saturated carbocycles. The Labute approximate surface area is 123 Å². The summed E-state index contributed by atoms with van der Waals surface area (Å²) in [7, 11) is 0. The monoisotopic (exact) mass is 289 g/mol. The van der Waals surface area contributed by atoms with Crippen molar-refractivity contribution in [2.24, 2.45) is 5.92 Å². The van der Waals surface area contributed by atoms with E-state index in [4.69, 9.17) is 11.6 Å². The van der Waals surface area contributed by atoms with Crippen molar-refractivity contribution in [2.75, 3.05) is 4.90 Å². The minimum absolute atomic E-state index is 0.0873. The lowest BCUT2D eigenvalue weighted by Gasteiger charge is -2.31. The highest BCUT2D eigenvalue weighted by molar-refractivity contribution is 6.31. The molecular weight excluding hydrogens is 274 g/mol. The standard InChI is InChI=1S/C16H16ClNO2/c1-4-10-13(19)8-14-16(2,3)11-7-9(17)5-6-12(11)18(14)15(10)20/h5-8,10H,4H2,1-3H3. The largest absolute Gasteiger partial charge is 0.294 e. The van der Waals surface area contributed by atoms with E-state index in [0.29, 0.717) is 11.4 Å². The first-order valence-electron chi connectivity index (χ1n) is 6.78. The van der Waals surface area contributed by atoms with Crippen LogP contribution in [0.5, 0.6) is 0 Å². The molecule has 1 aromatic carbocycles. The molecule has 0 saturated heterocycles. The van der Waals surface area contributed by atoms with E-state index < -0.39 is 5.92 Å². The number of anilines is 1. The molecule has 0 radical (unpaired) electrons. The second kappa shape index (κ2) is 4.19. The highest BCUT2D eigenvalue weighted by atomic mass is 35.5. The van der Waals surface area contributed by atoms with Gasteiger partial charge in [0.05, 0.1) is 5.69 Å². The van der Waals surface area contributed by atoms with Crippen LogP contribution in [0.4, 0.5) is 5.69 Å². The molecule has 0 spiro atoms. The minimum atomic E-state index is -0.559. The number of hydrogen-bond donors (Lipinski definition) is 0. The molecule has 1 aromatic rings. The van der Waals surface area contributed by atoms with Gasteiger partial charge in [-0.3, -0.25) is 14.5 Å². The number of halogens is 1. The lowest BCUT2D eigenvalue weighted by Crippen LogP contribution is -2.43. The van der Waals surface area contributed by atoms with Gasteiger partial charge in [0.1, 0.15) is 5.92 Å². The van der Waals surface area contributed by atoms with Crippen LogP contribution in [-0.2, 0) is 15.0 Å². The Morgan fingerprint density at radius 3 is 2.65 bits per heavy atom. The molecular formula is C16H16ClNO2. The van der Waals surface area contributed by atoms with Crippen LogP contribution < -0.4 is 4.90 Å². The van der Waals surface area contributed by atoms with Gasteiger partial charge < -0.3 is 0 Å². The molecule has 3 nitrogen and oxygen atoms in total. The fraction of sp³-hybridized carbons (Fsp3) is 0.375. The molecule has 2 heterocycles. The van der Waals surface area contributed by atoms with Crippen molar-refractivity contribution in [3.05, 3.63) is 40.6 Å². The molecule has 0 aromatic heterocycles. The van der Waals surface area contributed by atoms with Crippen LogP contribution in [0.2, 0.25) is 5.02 Å². The first-order chi connectivity index (χ1) is 9.37. The fourth-order valence-corrected chi connectivity index (χ4v) is 3.29. The summed E-state index contributed by atoms with van der Waals surface area (Å²) in [6.45, 7) is 5.89. The molecule has 1 unspecified atom stereocenters. The Bertz CT molecular complexity index is 660. The Hall–Kier alpha value is -1.61. The zero-order valence-electron chi connectivity index (χ0n) is 11.7. The molecule has 0 aliphatic carbocycles. The number of carbonyl (C=O) groups is 2. The maximum atomic E-state index is 12.6. The topological polar surface area (TPSA) is 37.4 Å². The van der Waals surface area contributed by atoms with Gasteiger partial charge in [-0.05, 0) is 30.2 Å². The lowest BCUT2D eigenvalue weighted by atomic mass is 9.81. The first kappa shape index (κ1) is 13.4. The van der Waals surface area contributed by atoms with E-state index in [2.05, 4.69) is 0 Å². The molecule has 1 atom stereocenters. The van der Waals surface area contributed by atoms with E-state index in [0.717, 1.165) is 16.9 Å². The smallest absolute Gasteiger partial charge is 0.242 e. The fourth-order valence-electron chi connectivity index (χ4n) is 3.12. The van der Waals surface area contributed by atoms with Crippen molar-refractivity contribution >= 4 is 29.0 Å². The molecule has 4 heteroatoms. The van der Waals surface area contributed by atoms with Crippen molar-refractivity contribution in [3.8, 4) is 0 Å². The number of amides is 1. The first-order valence-corrected chi connectivity index (χ1v) is 7.15. The summed E-state index contributed by atoms with van der Waals surface area (Å²) in [6.07, 6.45) is 2.16. The van der Waals surface area contributed by atoms with E-state index in [-0.39, 0.29) is 17.1 Å². The molecule has 20 heavy (non-hydrogen) atoms. The summed E-state index contributed by atoms with van der Waals surface area (Å²) in [5.74, 6) is -0.768. The third-order valence-electron chi connectivity index (χ3n) is 4.30. The quantitative estimate of drug-likeness (QED) is 0.743. The van der Waals surface area contributed by atoms with Crippen molar-refractivity contribution < 1.29 is 9.59 Å². The molecule has 3 rings (SSSR count). The zero-order valence-corrected chi connectivity index (χ0v) is 12.5. The number of fused-ring (bicyclic) bond motifs is 3. The van der Waals surface area contributed by atoms with Gasteiger partial charge in [-0.1, -0.05) is 32.4 Å². The SMILES string of the molecule is CCC1C(=O)C=C2N(C1=O)c1ccc(Cl)cc1C2(C)C. The summed E-state index contributed by atoms with van der Waals surface area (Å²) in [5, 5.41) is 0.642. The number of carbonyl (C=O) groups excluding carboxylic acids is 2. The van der Waals surface area contributed by atoms with Crippen LogP contribution >= 0.6 is 11.6 Å². The van der Waals surface area contributed by atoms with Crippen molar-refractivity contribution in [3.63, 3.8) is 0 Å². The Morgan fingerprint density at radius 1 is 1.30 bits per heavy atom. The number of rotatable bonds is 1. The molecule has 2 aliphatic heterocycles. The summed E-state index contributed by atoms with van der Waals surface area (Å²) in [5.41, 5.74) is 2.22. The van der Waals surface area contributed by atoms with Gasteiger partial charge in [-0.25, -0.2) is 0 Å². The second-order valence-electron chi connectivity index (χ2n) is 5.85. The van der Waals surface area contributed by atoms with E-state index >= 15 is 0 Å². The summed E-state index contributed by atoms with van der Waals surface area (Å²) in [6, 6.07) is 5.53. The molecule has 0 fully saturated rings. The normalized spacial score (nSPS) is 23.5. The van der Waals surface area contributed by atoms with Crippen LogP contribution in [0.3, 0.4) is 0 Å². The van der Waals surface area contributed by atoms with Gasteiger partial charge >= 0.3 is 0 Å². The number of allylic oxidation sites excluding steroid dienone is 2. The van der Waals surface area contributed by atoms with E-state index in [1.165, 1.54) is 0 Å². The Balaban J connectivity index is 2.26. The number of hydrogen-bond acceptors (Lipinski definition) is 2. The van der Waals surface area contributed by atoms with Crippen LogP contribution in [0, 0.1) is 5.92 Å². The summed E-state index contributed by atoms with van der Waals surface area (Å²) < 4.78 is 0. The Morgan fingerprint density at radius 2 is 2.00 bits per heavy atom. The highest BCUT2D eigenvalue weighted by Gasteiger charge is 2.48. The van der Waals surface area contributed by atoms with Crippen LogP contribution in [0.15, 0.2) is 30.0 Å². The number of nitrogens with zero attached hydrogens (tertiary/aromatic N) is 1. The van der Waals surface area contributed by atoms with Crippen molar-refractivity contribution in [1.82, 2.24) is 0 Å². The predicted octanol–water partition coefficient (Wildman–Crippen LogP) is 3.46. The maximum absolute atomic E-state index is 12.6. The molecule has 2 aliphatic rings. The van der Waals surface area contributed by atoms with Gasteiger partial charge in [-0.2, -0.15) is 0 Å². The van der Waals surface area contributed by atoms with Crippen LogP contribution in [0.1, 0.15) is 32.8 Å². The molecule has 0 N–H and O–H groups in total. The van der Waals surface area contributed by atoms with Gasteiger partial charge in [0.15, 0.2) is 5.78 Å². The minimum Gasteiger partial charge on any atom is -0.294 e. The number of ketones is 1. The maximum Gasteiger partial charge on any atom is 0.242 e. The molecule has 0 bridgehead atoms. The lowest BCUT2D eigenvalue weighted by molar-refractivity contribution is -0.130. The van der Waals surface area contributed by atoms with Gasteiger partial charge in [0.2, 0.25) is 5.91 Å². The van der Waals surface area contributed by atoms with E-state index in [9.17, 15) is 9.59 Å². The third kappa shape index (κ3) is 1.59. The number of benzene rings is 1. The summed E-state index contributed by atoms with van der Waals surface area (Å²) >= 11 is 6.08. The Kier molecular flexibility index (Phi) is 2.80. The highest BCUT2D eigenvalue weighted by Crippen LogP contribution is 2.50. The second-order valence-corrected chi connectivity index (χ2v) is 6.29. The van der Waals surface area contributed by atoms with Gasteiger partial charge in [0, 0.05) is 22.2 Å². The van der Waals surface area contributed by atoms with Gasteiger partial charge in [-0.15, -0.1) is 0 Å². The summed E-state index contributed by atoms with van der Waals surface area (Å²) in [4.78, 5) is 26.4. The average molecular weight is 290 g/mol. The third-order valence-corrected chi connectivity index (χ3v) is 4.54. The molecule has 104 valence electrons. The zero-order chi connectivity index (χ0) is 14.7. The van der Waals surface area contributed by atoms with Gasteiger partial charge in [0.25, 0.3) is 0 Å². The van der Waals surface area contributed by atoms with E-state index in [1.54, 1.807) is 17.0 Å². The average Bonchev–Trinajstić information content (AvgIpc) is 2.59.